The van der Waals surface area contributed by atoms with Crippen molar-refractivity contribution in [3.05, 3.63) is 48.0 Å². The van der Waals surface area contributed by atoms with Gasteiger partial charge in [0.2, 0.25) is 0 Å². The van der Waals surface area contributed by atoms with Gasteiger partial charge < -0.3 is 0 Å². The van der Waals surface area contributed by atoms with Crippen molar-refractivity contribution in [3.63, 3.8) is 0 Å². The minimum Gasteiger partial charge on any atom is -0.193 e. The largest absolute Gasteiger partial charge is 0.193 e. The second-order valence-electron chi connectivity index (χ2n) is 2.51. The Labute approximate surface area is 101 Å². The SMILES string of the molecule is CC.CC.CC(C)=CC#N.c1ccccc1. The lowest BCUT2D eigenvalue weighted by Crippen LogP contribution is -1.55. The Kier molecular flexibility index (Phi) is 29.1. The average molecular weight is 219 g/mol. The molecular formula is C15H25N. The molecular weight excluding hydrogens is 194 g/mol. The highest BCUT2D eigenvalue weighted by molar-refractivity contribution is 5.08. The van der Waals surface area contributed by atoms with Crippen LogP contribution < -0.4 is 0 Å². The van der Waals surface area contributed by atoms with Crippen LogP contribution in [-0.2, 0) is 0 Å². The molecule has 0 N–H and O–H groups in total. The Balaban J connectivity index is -0.000000162. The van der Waals surface area contributed by atoms with Crippen LogP contribution in [0.3, 0.4) is 0 Å². The predicted octanol–water partition coefficient (Wildman–Crippen LogP) is 5.22. The highest BCUT2D eigenvalue weighted by atomic mass is 14.2. The Bertz CT molecular complexity index is 224. The second kappa shape index (κ2) is 23.3. The van der Waals surface area contributed by atoms with E-state index in [0.717, 1.165) is 5.57 Å². The minimum atomic E-state index is 1.05. The molecule has 1 aromatic rings. The van der Waals surface area contributed by atoms with E-state index in [4.69, 9.17) is 5.26 Å². The third-order valence-electron chi connectivity index (χ3n) is 1.02. The number of nitriles is 1. The molecule has 16 heavy (non-hydrogen) atoms. The van der Waals surface area contributed by atoms with Gasteiger partial charge in [-0.3, -0.25) is 0 Å². The number of hydrogen-bond donors (Lipinski definition) is 0. The fourth-order valence-electron chi connectivity index (χ4n) is 0.514. The topological polar surface area (TPSA) is 23.8 Å². The van der Waals surface area contributed by atoms with E-state index in [1.807, 2.05) is 84.0 Å². The summed E-state index contributed by atoms with van der Waals surface area (Å²) >= 11 is 0. The molecule has 0 bridgehead atoms. The third-order valence-corrected chi connectivity index (χ3v) is 1.02. The quantitative estimate of drug-likeness (QED) is 0.549. The first kappa shape index (κ1) is 19.9. The standard InChI is InChI=1S/C6H6.C5H7N.2C2H6/c1-2-4-6-5-3-1;1-5(2)3-4-6;2*1-2/h1-6H;3H,1-2H3;2*1-2H3. The zero-order valence-electron chi connectivity index (χ0n) is 11.5. The molecule has 0 aromatic heterocycles. The Morgan fingerprint density at radius 2 is 1.06 bits per heavy atom. The zero-order chi connectivity index (χ0) is 13.2. The summed E-state index contributed by atoms with van der Waals surface area (Å²) in [6.07, 6.45) is 1.51. The first-order valence-electron chi connectivity index (χ1n) is 5.80. The molecule has 0 radical (unpaired) electrons. The third kappa shape index (κ3) is 29.4. The molecule has 0 atom stereocenters. The van der Waals surface area contributed by atoms with E-state index in [1.165, 1.54) is 6.08 Å². The minimum absolute atomic E-state index is 1.05. The van der Waals surface area contributed by atoms with Crippen LogP contribution in [0, 0.1) is 11.3 Å². The van der Waals surface area contributed by atoms with E-state index in [9.17, 15) is 0 Å². The summed E-state index contributed by atoms with van der Waals surface area (Å²) in [5.41, 5.74) is 1.05. The molecule has 1 heteroatoms. The molecule has 90 valence electrons. The first-order valence-corrected chi connectivity index (χ1v) is 5.80. The number of hydrogen-bond acceptors (Lipinski definition) is 1. The number of rotatable bonds is 0. The summed E-state index contributed by atoms with van der Waals surface area (Å²) in [5.74, 6) is 0. The van der Waals surface area contributed by atoms with E-state index in [0.29, 0.717) is 0 Å². The zero-order valence-corrected chi connectivity index (χ0v) is 11.5. The van der Waals surface area contributed by atoms with E-state index < -0.39 is 0 Å². The molecule has 1 aromatic carbocycles. The van der Waals surface area contributed by atoms with Crippen LogP contribution in [0.25, 0.3) is 0 Å². The maximum absolute atomic E-state index is 7.91. The molecule has 0 spiro atoms. The number of benzene rings is 1. The van der Waals surface area contributed by atoms with Gasteiger partial charge in [0, 0.05) is 6.08 Å². The molecule has 0 unspecified atom stereocenters. The molecule has 1 nitrogen and oxygen atoms in total. The van der Waals surface area contributed by atoms with E-state index >= 15 is 0 Å². The van der Waals surface area contributed by atoms with Crippen LogP contribution in [0.5, 0.6) is 0 Å². The van der Waals surface area contributed by atoms with Gasteiger partial charge in [-0.2, -0.15) is 5.26 Å². The van der Waals surface area contributed by atoms with Gasteiger partial charge >= 0.3 is 0 Å². The predicted molar refractivity (Wildman–Crippen MR) is 74.2 cm³/mol. The molecule has 0 fully saturated rings. The van der Waals surface area contributed by atoms with Gasteiger partial charge in [-0.25, -0.2) is 0 Å². The molecule has 0 aliphatic rings. The van der Waals surface area contributed by atoms with Crippen LogP contribution >= 0.6 is 0 Å². The molecule has 0 aliphatic heterocycles. The van der Waals surface area contributed by atoms with Gasteiger partial charge in [0.25, 0.3) is 0 Å². The van der Waals surface area contributed by atoms with Crippen molar-refractivity contribution in [1.82, 2.24) is 0 Å². The van der Waals surface area contributed by atoms with Gasteiger partial charge in [0.05, 0.1) is 6.07 Å². The van der Waals surface area contributed by atoms with Crippen molar-refractivity contribution in [2.45, 2.75) is 41.5 Å². The highest BCUT2D eigenvalue weighted by Crippen LogP contribution is 1.82. The maximum atomic E-state index is 7.91. The fourth-order valence-corrected chi connectivity index (χ4v) is 0.514. The van der Waals surface area contributed by atoms with E-state index in [-0.39, 0.29) is 0 Å². The first-order chi connectivity index (χ1) is 7.77. The van der Waals surface area contributed by atoms with Crippen LogP contribution in [0.15, 0.2) is 48.0 Å². The summed E-state index contributed by atoms with van der Waals surface area (Å²) in [5, 5.41) is 7.91. The molecule has 0 saturated heterocycles. The normalized spacial score (nSPS) is 6.06. The summed E-state index contributed by atoms with van der Waals surface area (Å²) in [6, 6.07) is 13.9. The van der Waals surface area contributed by atoms with E-state index in [2.05, 4.69) is 0 Å². The van der Waals surface area contributed by atoms with E-state index in [1.54, 1.807) is 0 Å². The lowest BCUT2D eigenvalue weighted by Gasteiger charge is -1.71. The Morgan fingerprint density at radius 3 is 1.12 bits per heavy atom. The van der Waals surface area contributed by atoms with Crippen LogP contribution in [0.2, 0.25) is 0 Å². The van der Waals surface area contributed by atoms with Gasteiger partial charge in [-0.05, 0) is 13.8 Å². The summed E-state index contributed by atoms with van der Waals surface area (Å²) < 4.78 is 0. The summed E-state index contributed by atoms with van der Waals surface area (Å²) in [4.78, 5) is 0. The van der Waals surface area contributed by atoms with Crippen LogP contribution in [-0.4, -0.2) is 0 Å². The smallest absolute Gasteiger partial charge is 0.0911 e. The Hall–Kier alpha value is -1.55. The lowest BCUT2D eigenvalue weighted by molar-refractivity contribution is 1.39. The summed E-state index contributed by atoms with van der Waals surface area (Å²) in [7, 11) is 0. The lowest BCUT2D eigenvalue weighted by atomic mass is 10.3. The Morgan fingerprint density at radius 1 is 0.812 bits per heavy atom. The van der Waals surface area contributed by atoms with Gasteiger partial charge in [0.1, 0.15) is 0 Å². The van der Waals surface area contributed by atoms with Crippen molar-refractivity contribution in [2.75, 3.05) is 0 Å². The molecule has 0 amide bonds. The van der Waals surface area contributed by atoms with Crippen LogP contribution in [0.4, 0.5) is 0 Å². The molecule has 0 saturated carbocycles. The van der Waals surface area contributed by atoms with Crippen molar-refractivity contribution in [2.24, 2.45) is 0 Å². The van der Waals surface area contributed by atoms with Crippen molar-refractivity contribution >= 4 is 0 Å². The van der Waals surface area contributed by atoms with Crippen LogP contribution in [0.1, 0.15) is 41.5 Å². The molecule has 1 rings (SSSR count). The summed E-state index contributed by atoms with van der Waals surface area (Å²) in [6.45, 7) is 11.8. The number of nitrogens with zero attached hydrogens (tertiary/aromatic N) is 1. The highest BCUT2D eigenvalue weighted by Gasteiger charge is 1.66. The number of allylic oxidation sites excluding steroid dienone is 2. The second-order valence-corrected chi connectivity index (χ2v) is 2.51. The monoisotopic (exact) mass is 219 g/mol. The average Bonchev–Trinajstić information content (AvgIpc) is 2.37. The van der Waals surface area contributed by atoms with Gasteiger partial charge in [0.15, 0.2) is 0 Å². The molecule has 0 heterocycles. The maximum Gasteiger partial charge on any atom is 0.0911 e. The van der Waals surface area contributed by atoms with Gasteiger partial charge in [-0.1, -0.05) is 69.7 Å². The molecule has 0 aliphatic carbocycles. The van der Waals surface area contributed by atoms with Crippen molar-refractivity contribution < 1.29 is 0 Å². The fraction of sp³-hybridized carbons (Fsp3) is 0.400. The van der Waals surface area contributed by atoms with Crippen molar-refractivity contribution in [1.29, 1.82) is 5.26 Å². The van der Waals surface area contributed by atoms with Gasteiger partial charge in [-0.15, -0.1) is 0 Å². The van der Waals surface area contributed by atoms with Crippen molar-refractivity contribution in [3.8, 4) is 6.07 Å².